The molecule has 0 radical (unpaired) electrons. The van der Waals surface area contributed by atoms with Crippen LogP contribution in [0.15, 0.2) is 109 Å². The molecule has 0 heterocycles. The van der Waals surface area contributed by atoms with E-state index in [1.54, 1.807) is 24.3 Å². The highest BCUT2D eigenvalue weighted by atomic mass is 19.1. The predicted octanol–water partition coefficient (Wildman–Crippen LogP) is 7.03. The molecule has 0 fully saturated rings. The molecule has 48 heavy (non-hydrogen) atoms. The molecule has 3 amide bonds. The van der Waals surface area contributed by atoms with Crippen LogP contribution in [0.1, 0.15) is 71.4 Å². The molecule has 7 nitrogen and oxygen atoms in total. The van der Waals surface area contributed by atoms with Gasteiger partial charge in [-0.05, 0) is 92.1 Å². The fourth-order valence-electron chi connectivity index (χ4n) is 5.87. The Morgan fingerprint density at radius 3 is 2.00 bits per heavy atom. The maximum Gasteiger partial charge on any atom is 0.253 e. The molecular formula is C40H47FN4O3. The van der Waals surface area contributed by atoms with Crippen LogP contribution in [-0.2, 0) is 17.6 Å². The molecule has 0 aliphatic carbocycles. The Hall–Kier alpha value is -4.82. The molecule has 8 heteroatoms. The van der Waals surface area contributed by atoms with E-state index in [0.29, 0.717) is 55.6 Å². The summed E-state index contributed by atoms with van der Waals surface area (Å²) in [6.07, 6.45) is 3.65. The van der Waals surface area contributed by atoms with Gasteiger partial charge in [0.2, 0.25) is 5.91 Å². The number of benzene rings is 4. The van der Waals surface area contributed by atoms with E-state index in [-0.39, 0.29) is 23.5 Å². The van der Waals surface area contributed by atoms with Crippen molar-refractivity contribution >= 4 is 23.4 Å². The highest BCUT2D eigenvalue weighted by molar-refractivity contribution is 6.00. The van der Waals surface area contributed by atoms with Crippen molar-refractivity contribution in [3.05, 3.63) is 137 Å². The Kier molecular flexibility index (Phi) is 13.9. The van der Waals surface area contributed by atoms with Gasteiger partial charge in [0.05, 0.1) is 0 Å². The summed E-state index contributed by atoms with van der Waals surface area (Å²) in [5.74, 6) is -1.52. The van der Waals surface area contributed by atoms with Crippen molar-refractivity contribution in [1.82, 2.24) is 10.2 Å². The van der Waals surface area contributed by atoms with E-state index in [4.69, 9.17) is 5.73 Å². The molecule has 0 saturated heterocycles. The van der Waals surface area contributed by atoms with Gasteiger partial charge in [0, 0.05) is 47.9 Å². The Morgan fingerprint density at radius 1 is 0.771 bits per heavy atom. The maximum atomic E-state index is 13.7. The van der Waals surface area contributed by atoms with Crippen LogP contribution in [0.2, 0.25) is 0 Å². The van der Waals surface area contributed by atoms with E-state index in [1.807, 2.05) is 79.4 Å². The molecule has 4 rings (SSSR count). The lowest BCUT2D eigenvalue weighted by Crippen LogP contribution is -2.50. The number of amides is 3. The predicted molar refractivity (Wildman–Crippen MR) is 190 cm³/mol. The Morgan fingerprint density at radius 2 is 1.38 bits per heavy atom. The number of nitrogens with two attached hydrogens (primary N) is 1. The van der Waals surface area contributed by atoms with Gasteiger partial charge >= 0.3 is 0 Å². The van der Waals surface area contributed by atoms with Crippen LogP contribution < -0.4 is 16.4 Å². The van der Waals surface area contributed by atoms with Crippen molar-refractivity contribution in [2.75, 3.05) is 18.4 Å². The van der Waals surface area contributed by atoms with Gasteiger partial charge in [-0.25, -0.2) is 4.39 Å². The number of rotatable bonds is 17. The van der Waals surface area contributed by atoms with Crippen LogP contribution >= 0.6 is 0 Å². The van der Waals surface area contributed by atoms with Crippen molar-refractivity contribution in [2.24, 2.45) is 11.7 Å². The third-order valence-corrected chi connectivity index (χ3v) is 8.44. The minimum Gasteiger partial charge on any atom is -0.347 e. The standard InChI is InChI=1S/C40H47FN4O3/c1-3-24-45(25-4-2)40(48)33-17-11-16-31(27-33)39(47)44-37(26-30-14-9-6-10-15-30)36(42)28-32(19-18-29-12-7-5-8-13-29)38(46)43-35-22-20-34(41)21-23-35/h5-17,20-23,27,32,36-37H,3-4,18-19,24-26,28,42H2,1-2H3,(H,43,46)(H,44,47). The lowest BCUT2D eigenvalue weighted by molar-refractivity contribution is -0.120. The van der Waals surface area contributed by atoms with Crippen molar-refractivity contribution in [2.45, 2.75) is 64.5 Å². The van der Waals surface area contributed by atoms with Crippen LogP contribution in [0.5, 0.6) is 0 Å². The van der Waals surface area contributed by atoms with Crippen molar-refractivity contribution in [3.63, 3.8) is 0 Å². The SMILES string of the molecule is CCCN(CCC)C(=O)c1cccc(C(=O)NC(Cc2ccccc2)C(N)CC(CCc2ccccc2)C(=O)Nc2ccc(F)cc2)c1. The number of nitrogens with zero attached hydrogens (tertiary/aromatic N) is 1. The van der Waals surface area contributed by atoms with Gasteiger partial charge in [0.15, 0.2) is 0 Å². The quantitative estimate of drug-likeness (QED) is 0.114. The third-order valence-electron chi connectivity index (χ3n) is 8.44. The van der Waals surface area contributed by atoms with Gasteiger partial charge in [0.1, 0.15) is 5.82 Å². The van der Waals surface area contributed by atoms with Crippen LogP contribution in [0.3, 0.4) is 0 Å². The van der Waals surface area contributed by atoms with Crippen molar-refractivity contribution < 1.29 is 18.8 Å². The second kappa shape index (κ2) is 18.5. The zero-order valence-electron chi connectivity index (χ0n) is 27.9. The molecule has 0 spiro atoms. The van der Waals surface area contributed by atoms with Crippen molar-refractivity contribution in [1.29, 1.82) is 0 Å². The monoisotopic (exact) mass is 650 g/mol. The van der Waals surface area contributed by atoms with Crippen LogP contribution in [0.4, 0.5) is 10.1 Å². The van der Waals surface area contributed by atoms with Crippen LogP contribution in [0.25, 0.3) is 0 Å². The van der Waals surface area contributed by atoms with Gasteiger partial charge in [-0.3, -0.25) is 14.4 Å². The lowest BCUT2D eigenvalue weighted by atomic mass is 9.87. The number of halogens is 1. The summed E-state index contributed by atoms with van der Waals surface area (Å²) in [4.78, 5) is 42.5. The zero-order chi connectivity index (χ0) is 34.3. The average Bonchev–Trinajstić information content (AvgIpc) is 3.11. The van der Waals surface area contributed by atoms with E-state index in [1.165, 1.54) is 24.3 Å². The molecule has 0 aromatic heterocycles. The summed E-state index contributed by atoms with van der Waals surface area (Å²) in [5.41, 5.74) is 10.3. The van der Waals surface area contributed by atoms with Crippen molar-refractivity contribution in [3.8, 4) is 0 Å². The zero-order valence-corrected chi connectivity index (χ0v) is 27.9. The van der Waals surface area contributed by atoms with Gasteiger partial charge in [-0.1, -0.05) is 80.6 Å². The number of aryl methyl sites for hydroxylation is 1. The normalized spacial score (nSPS) is 12.8. The molecule has 0 aliphatic heterocycles. The maximum absolute atomic E-state index is 13.7. The molecule has 4 aromatic rings. The summed E-state index contributed by atoms with van der Waals surface area (Å²) >= 11 is 0. The van der Waals surface area contributed by atoms with Gasteiger partial charge < -0.3 is 21.3 Å². The molecule has 252 valence electrons. The first-order valence-electron chi connectivity index (χ1n) is 16.9. The first kappa shape index (κ1) is 36.0. The van der Waals surface area contributed by atoms with E-state index in [9.17, 15) is 18.8 Å². The smallest absolute Gasteiger partial charge is 0.253 e. The summed E-state index contributed by atoms with van der Waals surface area (Å²) in [6, 6.07) is 31.1. The molecule has 4 aromatic carbocycles. The summed E-state index contributed by atoms with van der Waals surface area (Å²) in [6.45, 7) is 5.37. The fraction of sp³-hybridized carbons (Fsp3) is 0.325. The molecular weight excluding hydrogens is 603 g/mol. The minimum atomic E-state index is -0.580. The highest BCUT2D eigenvalue weighted by Gasteiger charge is 2.28. The molecule has 0 saturated carbocycles. The van der Waals surface area contributed by atoms with Gasteiger partial charge in [-0.15, -0.1) is 0 Å². The Bertz CT molecular complexity index is 1590. The Balaban J connectivity index is 1.55. The topological polar surface area (TPSA) is 105 Å². The first-order valence-corrected chi connectivity index (χ1v) is 16.9. The number of hydrogen-bond acceptors (Lipinski definition) is 4. The average molecular weight is 651 g/mol. The Labute approximate surface area is 283 Å². The summed E-state index contributed by atoms with van der Waals surface area (Å²) < 4.78 is 13.5. The number of anilines is 1. The fourth-order valence-corrected chi connectivity index (χ4v) is 5.87. The second-order valence-electron chi connectivity index (χ2n) is 12.3. The molecule has 0 bridgehead atoms. The lowest BCUT2D eigenvalue weighted by Gasteiger charge is -2.29. The van der Waals surface area contributed by atoms with E-state index >= 15 is 0 Å². The number of nitrogens with one attached hydrogen (secondary N) is 2. The minimum absolute atomic E-state index is 0.0979. The molecule has 3 atom stereocenters. The number of carbonyl (C=O) groups excluding carboxylic acids is 3. The van der Waals surface area contributed by atoms with E-state index in [0.717, 1.165) is 24.0 Å². The number of hydrogen-bond donors (Lipinski definition) is 3. The van der Waals surface area contributed by atoms with Gasteiger partial charge in [0.25, 0.3) is 11.8 Å². The van der Waals surface area contributed by atoms with Gasteiger partial charge in [-0.2, -0.15) is 0 Å². The summed E-state index contributed by atoms with van der Waals surface area (Å²) in [7, 11) is 0. The van der Waals surface area contributed by atoms with Crippen LogP contribution in [0, 0.1) is 11.7 Å². The van der Waals surface area contributed by atoms with Crippen LogP contribution in [-0.4, -0.2) is 47.8 Å². The highest BCUT2D eigenvalue weighted by Crippen LogP contribution is 2.21. The first-order chi connectivity index (χ1) is 23.3. The molecule has 4 N–H and O–H groups in total. The summed E-state index contributed by atoms with van der Waals surface area (Å²) in [5, 5.41) is 6.06. The second-order valence-corrected chi connectivity index (χ2v) is 12.3. The largest absolute Gasteiger partial charge is 0.347 e. The van der Waals surface area contributed by atoms with E-state index < -0.39 is 18.0 Å². The van der Waals surface area contributed by atoms with E-state index in [2.05, 4.69) is 10.6 Å². The number of carbonyl (C=O) groups is 3. The molecule has 0 aliphatic rings. The third kappa shape index (κ3) is 10.9. The molecule has 3 unspecified atom stereocenters.